The van der Waals surface area contributed by atoms with Crippen LogP contribution in [0.3, 0.4) is 0 Å². The van der Waals surface area contributed by atoms with Crippen molar-refractivity contribution in [3.63, 3.8) is 0 Å². The van der Waals surface area contributed by atoms with E-state index >= 15 is 0 Å². The fourth-order valence-electron chi connectivity index (χ4n) is 2.43. The van der Waals surface area contributed by atoms with E-state index in [0.717, 1.165) is 0 Å². The number of carbonyl (C=O) groups excluding carboxylic acids is 1. The maximum atomic E-state index is 11.6. The van der Waals surface area contributed by atoms with Crippen molar-refractivity contribution in [1.82, 2.24) is 10.6 Å². The summed E-state index contributed by atoms with van der Waals surface area (Å²) in [5.74, 6) is -0.755. The van der Waals surface area contributed by atoms with E-state index in [1.807, 2.05) is 18.2 Å². The molecule has 1 aliphatic carbocycles. The van der Waals surface area contributed by atoms with Gasteiger partial charge in [0.25, 0.3) is 0 Å². The number of benzene rings is 1. The minimum Gasteiger partial charge on any atom is -0.480 e. The van der Waals surface area contributed by atoms with Crippen molar-refractivity contribution >= 4 is 11.9 Å². The van der Waals surface area contributed by atoms with E-state index in [2.05, 4.69) is 22.8 Å². The smallest absolute Gasteiger partial charge is 0.322 e. The predicted molar refractivity (Wildman–Crippen MR) is 75.2 cm³/mol. The molecule has 1 aromatic rings. The second-order valence-corrected chi connectivity index (χ2v) is 5.13. The van der Waals surface area contributed by atoms with Gasteiger partial charge in [0.05, 0.1) is 6.54 Å². The van der Waals surface area contributed by atoms with Crippen LogP contribution in [0.4, 0.5) is 0 Å². The summed E-state index contributed by atoms with van der Waals surface area (Å²) in [4.78, 5) is 22.0. The maximum absolute atomic E-state index is 11.6. The van der Waals surface area contributed by atoms with Gasteiger partial charge >= 0.3 is 5.97 Å². The van der Waals surface area contributed by atoms with E-state index in [0.29, 0.717) is 5.92 Å². The first-order valence-electron chi connectivity index (χ1n) is 6.93. The molecule has 0 aliphatic heterocycles. The number of amides is 1. The van der Waals surface area contributed by atoms with E-state index < -0.39 is 5.97 Å². The molecule has 0 bridgehead atoms. The Morgan fingerprint density at radius 2 is 1.90 bits per heavy atom. The van der Waals surface area contributed by atoms with E-state index in [1.165, 1.54) is 24.8 Å². The van der Waals surface area contributed by atoms with E-state index in [4.69, 9.17) is 5.11 Å². The zero-order valence-electron chi connectivity index (χ0n) is 11.3. The Balaban J connectivity index is 1.88. The molecule has 1 aliphatic rings. The van der Waals surface area contributed by atoms with Gasteiger partial charge in [0.2, 0.25) is 5.91 Å². The summed E-state index contributed by atoms with van der Waals surface area (Å²) in [5, 5.41) is 14.1. The molecular formula is C15H20N2O3. The Hall–Kier alpha value is -1.88. The van der Waals surface area contributed by atoms with Gasteiger partial charge in [0, 0.05) is 6.04 Å². The molecule has 0 heterocycles. The third-order valence-corrected chi connectivity index (χ3v) is 3.70. The molecule has 20 heavy (non-hydrogen) atoms. The summed E-state index contributed by atoms with van der Waals surface area (Å²) in [6.45, 7) is -0.191. The summed E-state index contributed by atoms with van der Waals surface area (Å²) in [5.41, 5.74) is 1.18. The predicted octanol–water partition coefficient (Wildman–Crippen LogP) is 1.32. The van der Waals surface area contributed by atoms with E-state index in [9.17, 15) is 9.59 Å². The van der Waals surface area contributed by atoms with Crippen molar-refractivity contribution in [2.24, 2.45) is 5.92 Å². The normalized spacial score (nSPS) is 16.2. The molecule has 108 valence electrons. The van der Waals surface area contributed by atoms with Gasteiger partial charge < -0.3 is 15.7 Å². The lowest BCUT2D eigenvalue weighted by Gasteiger charge is -2.34. The topological polar surface area (TPSA) is 78.4 Å². The maximum Gasteiger partial charge on any atom is 0.322 e. The lowest BCUT2D eigenvalue weighted by atomic mass is 9.77. The molecule has 3 N–H and O–H groups in total. The van der Waals surface area contributed by atoms with E-state index in [-0.39, 0.29) is 25.0 Å². The van der Waals surface area contributed by atoms with Crippen molar-refractivity contribution in [2.75, 3.05) is 13.1 Å². The Morgan fingerprint density at radius 3 is 2.45 bits per heavy atom. The highest BCUT2D eigenvalue weighted by molar-refractivity contribution is 5.82. The fraction of sp³-hybridized carbons (Fsp3) is 0.467. The van der Waals surface area contributed by atoms with Gasteiger partial charge in [0.1, 0.15) is 6.54 Å². The zero-order chi connectivity index (χ0) is 14.4. The third-order valence-electron chi connectivity index (χ3n) is 3.70. The standard InChI is InChI=1S/C15H20N2O3/c18-13(16-10-14(19)20)9-17-15(12-7-4-8-12)11-5-2-1-3-6-11/h1-3,5-6,12,15,17H,4,7-10H2,(H,16,18)(H,19,20). The highest BCUT2D eigenvalue weighted by Crippen LogP contribution is 2.37. The molecule has 0 aromatic heterocycles. The number of carboxylic acids is 1. The first kappa shape index (κ1) is 14.5. The third kappa shape index (κ3) is 4.06. The van der Waals surface area contributed by atoms with Crippen molar-refractivity contribution in [3.05, 3.63) is 35.9 Å². The van der Waals surface area contributed by atoms with Gasteiger partial charge in [-0.25, -0.2) is 0 Å². The Bertz CT molecular complexity index is 457. The highest BCUT2D eigenvalue weighted by Gasteiger charge is 2.28. The van der Waals surface area contributed by atoms with Crippen molar-refractivity contribution < 1.29 is 14.7 Å². The average Bonchev–Trinajstić information content (AvgIpc) is 2.39. The number of nitrogens with one attached hydrogen (secondary N) is 2. The number of hydrogen-bond donors (Lipinski definition) is 3. The number of hydrogen-bond acceptors (Lipinski definition) is 3. The molecule has 1 fully saturated rings. The monoisotopic (exact) mass is 276 g/mol. The number of carbonyl (C=O) groups is 2. The largest absolute Gasteiger partial charge is 0.480 e. The van der Waals surface area contributed by atoms with Crippen LogP contribution in [-0.4, -0.2) is 30.1 Å². The summed E-state index contributed by atoms with van der Waals surface area (Å²) in [6, 6.07) is 10.2. The summed E-state index contributed by atoms with van der Waals surface area (Å²) >= 11 is 0. The Labute approximate surface area is 118 Å². The van der Waals surface area contributed by atoms with Gasteiger partial charge in [-0.2, -0.15) is 0 Å². The molecule has 1 aromatic carbocycles. The van der Waals surface area contributed by atoms with Crippen LogP contribution in [0.15, 0.2) is 30.3 Å². The molecule has 2 rings (SSSR count). The first-order chi connectivity index (χ1) is 9.66. The second-order valence-electron chi connectivity index (χ2n) is 5.13. The number of rotatable bonds is 7. The van der Waals surface area contributed by atoms with E-state index in [1.54, 1.807) is 0 Å². The van der Waals surface area contributed by atoms with Crippen molar-refractivity contribution in [1.29, 1.82) is 0 Å². The van der Waals surface area contributed by atoms with Crippen LogP contribution < -0.4 is 10.6 Å². The van der Waals surface area contributed by atoms with Crippen LogP contribution in [0.25, 0.3) is 0 Å². The minimum atomic E-state index is -1.03. The van der Waals surface area contributed by atoms with Crippen LogP contribution >= 0.6 is 0 Å². The molecular weight excluding hydrogens is 256 g/mol. The molecule has 0 radical (unpaired) electrons. The SMILES string of the molecule is O=C(O)CNC(=O)CNC(c1ccccc1)C1CCC1. The molecule has 5 heteroatoms. The molecule has 1 unspecified atom stereocenters. The fourth-order valence-corrected chi connectivity index (χ4v) is 2.43. The van der Waals surface area contributed by atoms with Crippen molar-refractivity contribution in [3.8, 4) is 0 Å². The zero-order valence-corrected chi connectivity index (χ0v) is 11.3. The Morgan fingerprint density at radius 1 is 1.20 bits per heavy atom. The van der Waals surface area contributed by atoms with Crippen molar-refractivity contribution in [2.45, 2.75) is 25.3 Å². The minimum absolute atomic E-state index is 0.142. The van der Waals surface area contributed by atoms with Gasteiger partial charge in [-0.1, -0.05) is 36.8 Å². The lowest BCUT2D eigenvalue weighted by Crippen LogP contribution is -2.40. The van der Waals surface area contributed by atoms with Gasteiger partial charge in [-0.15, -0.1) is 0 Å². The number of carboxylic acid groups (broad SMARTS) is 1. The summed E-state index contributed by atoms with van der Waals surface area (Å²) in [7, 11) is 0. The van der Waals surface area contributed by atoms with Gasteiger partial charge in [-0.05, 0) is 24.3 Å². The first-order valence-corrected chi connectivity index (χ1v) is 6.93. The average molecular weight is 276 g/mol. The Kier molecular flexibility index (Phi) is 5.12. The van der Waals surface area contributed by atoms with Crippen LogP contribution in [0.5, 0.6) is 0 Å². The molecule has 0 saturated heterocycles. The molecule has 5 nitrogen and oxygen atoms in total. The summed E-state index contributed by atoms with van der Waals surface area (Å²) < 4.78 is 0. The molecule has 1 amide bonds. The molecule has 1 atom stereocenters. The van der Waals surface area contributed by atoms with Gasteiger partial charge in [-0.3, -0.25) is 9.59 Å². The molecule has 0 spiro atoms. The number of aliphatic carboxylic acids is 1. The van der Waals surface area contributed by atoms with Gasteiger partial charge in [0.15, 0.2) is 0 Å². The second kappa shape index (κ2) is 7.05. The van der Waals surface area contributed by atoms with Crippen LogP contribution in [0.2, 0.25) is 0 Å². The van der Waals surface area contributed by atoms with Crippen LogP contribution in [0, 0.1) is 5.92 Å². The summed E-state index contributed by atoms with van der Waals surface area (Å²) in [6.07, 6.45) is 3.58. The highest BCUT2D eigenvalue weighted by atomic mass is 16.4. The quantitative estimate of drug-likeness (QED) is 0.702. The van der Waals surface area contributed by atoms with Crippen LogP contribution in [0.1, 0.15) is 30.9 Å². The lowest BCUT2D eigenvalue weighted by molar-refractivity contribution is -0.137. The van der Waals surface area contributed by atoms with Crippen LogP contribution in [-0.2, 0) is 9.59 Å². The molecule has 1 saturated carbocycles.